The Balaban J connectivity index is 1.40. The number of nitro benzene ring substituents is 1. The molecule has 4 rings (SSSR count). The Morgan fingerprint density at radius 1 is 1.10 bits per heavy atom. The number of anilines is 1. The molecule has 0 spiro atoms. The molecule has 0 radical (unpaired) electrons. The third-order valence-electron chi connectivity index (χ3n) is 4.71. The van der Waals surface area contributed by atoms with E-state index in [-0.39, 0.29) is 22.2 Å². The molecule has 0 N–H and O–H groups in total. The highest BCUT2D eigenvalue weighted by Gasteiger charge is 2.25. The molecule has 0 atom stereocenters. The number of piperazine rings is 1. The fourth-order valence-corrected chi connectivity index (χ4v) is 4.10. The molecule has 148 valence electrons. The van der Waals surface area contributed by atoms with E-state index in [0.29, 0.717) is 26.2 Å². The normalized spacial score (nSPS) is 14.1. The maximum absolute atomic E-state index is 12.7. The number of aromatic nitrogens is 2. The van der Waals surface area contributed by atoms with Crippen LogP contribution in [-0.2, 0) is 0 Å². The third-order valence-corrected chi connectivity index (χ3v) is 5.91. The monoisotopic (exact) mass is 429 g/mol. The Bertz CT molecular complexity index is 1030. The van der Waals surface area contributed by atoms with Gasteiger partial charge in [-0.1, -0.05) is 17.7 Å². The summed E-state index contributed by atoms with van der Waals surface area (Å²) in [6.07, 6.45) is 0. The van der Waals surface area contributed by atoms with Gasteiger partial charge < -0.3 is 9.80 Å². The minimum atomic E-state index is -0.538. The van der Waals surface area contributed by atoms with Crippen LogP contribution in [0.2, 0.25) is 5.02 Å². The molecule has 10 heteroatoms. The lowest BCUT2D eigenvalue weighted by Crippen LogP contribution is -2.49. The average molecular weight is 430 g/mol. The number of hydrogen-bond donors (Lipinski definition) is 0. The summed E-state index contributed by atoms with van der Waals surface area (Å²) >= 11 is 7.70. The number of thiophene rings is 1. The lowest BCUT2D eigenvalue weighted by Gasteiger charge is -2.35. The van der Waals surface area contributed by atoms with Gasteiger partial charge in [0.25, 0.3) is 11.6 Å². The molecule has 8 nitrogen and oxygen atoms in total. The summed E-state index contributed by atoms with van der Waals surface area (Å²) in [7, 11) is 0. The number of carbonyl (C=O) groups is 1. The molecule has 1 aliphatic heterocycles. The zero-order chi connectivity index (χ0) is 20.4. The number of rotatable bonds is 4. The summed E-state index contributed by atoms with van der Waals surface area (Å²) < 4.78 is 0. The van der Waals surface area contributed by atoms with Crippen LogP contribution in [0.1, 0.15) is 10.4 Å². The number of non-ortho nitro benzene ring substituents is 1. The van der Waals surface area contributed by atoms with Gasteiger partial charge in [-0.2, -0.15) is 0 Å². The predicted molar refractivity (Wildman–Crippen MR) is 112 cm³/mol. The molecule has 0 unspecified atom stereocenters. The highest BCUT2D eigenvalue weighted by atomic mass is 35.5. The summed E-state index contributed by atoms with van der Waals surface area (Å²) in [5, 5.41) is 21.5. The van der Waals surface area contributed by atoms with Crippen LogP contribution in [0, 0.1) is 10.1 Å². The summed E-state index contributed by atoms with van der Waals surface area (Å²) in [5.41, 5.74) is 0.970. The van der Waals surface area contributed by atoms with Crippen molar-refractivity contribution in [1.29, 1.82) is 0 Å². The predicted octanol–water partition coefficient (Wildman–Crippen LogP) is 3.73. The minimum absolute atomic E-state index is 0.0849. The van der Waals surface area contributed by atoms with Crippen molar-refractivity contribution in [1.82, 2.24) is 15.1 Å². The summed E-state index contributed by atoms with van der Waals surface area (Å²) in [6, 6.07) is 11.8. The fraction of sp³-hybridized carbons (Fsp3) is 0.211. The van der Waals surface area contributed by atoms with Crippen molar-refractivity contribution in [3.8, 4) is 10.6 Å². The zero-order valence-corrected chi connectivity index (χ0v) is 16.8. The molecule has 3 heterocycles. The number of nitro groups is 1. The number of halogens is 1. The van der Waals surface area contributed by atoms with Crippen LogP contribution in [0.15, 0.2) is 47.8 Å². The summed E-state index contributed by atoms with van der Waals surface area (Å²) in [6.45, 7) is 2.23. The molecule has 0 bridgehead atoms. The number of benzene rings is 1. The van der Waals surface area contributed by atoms with Crippen molar-refractivity contribution < 1.29 is 9.72 Å². The topological polar surface area (TPSA) is 92.5 Å². The Hall–Kier alpha value is -3.04. The second-order valence-corrected chi connectivity index (χ2v) is 7.81. The molecular formula is C19H16ClN5O3S. The van der Waals surface area contributed by atoms with Crippen molar-refractivity contribution in [2.75, 3.05) is 31.1 Å². The van der Waals surface area contributed by atoms with Gasteiger partial charge in [-0.25, -0.2) is 0 Å². The first-order valence-electron chi connectivity index (χ1n) is 8.89. The van der Waals surface area contributed by atoms with Crippen molar-refractivity contribution >= 4 is 40.4 Å². The Morgan fingerprint density at radius 3 is 2.48 bits per heavy atom. The summed E-state index contributed by atoms with van der Waals surface area (Å²) in [4.78, 5) is 27.9. The Labute approximate surface area is 175 Å². The van der Waals surface area contributed by atoms with E-state index in [9.17, 15) is 14.9 Å². The fourth-order valence-electron chi connectivity index (χ4n) is 3.15. The second kappa shape index (κ2) is 8.14. The van der Waals surface area contributed by atoms with Crippen molar-refractivity contribution in [2.24, 2.45) is 0 Å². The van der Waals surface area contributed by atoms with Gasteiger partial charge in [-0.3, -0.25) is 14.9 Å². The van der Waals surface area contributed by atoms with Crippen LogP contribution in [0.4, 0.5) is 11.5 Å². The van der Waals surface area contributed by atoms with Crippen LogP contribution in [0.3, 0.4) is 0 Å². The first-order chi connectivity index (χ1) is 14.0. The zero-order valence-electron chi connectivity index (χ0n) is 15.2. The average Bonchev–Trinajstić information content (AvgIpc) is 3.28. The maximum atomic E-state index is 12.7. The molecule has 1 aliphatic rings. The number of carbonyl (C=O) groups excluding carboxylic acids is 1. The van der Waals surface area contributed by atoms with E-state index in [4.69, 9.17) is 11.6 Å². The lowest BCUT2D eigenvalue weighted by molar-refractivity contribution is -0.384. The number of nitrogens with zero attached hydrogens (tertiary/aromatic N) is 5. The maximum Gasteiger partial charge on any atom is 0.270 e. The van der Waals surface area contributed by atoms with Crippen molar-refractivity contribution in [3.63, 3.8) is 0 Å². The Kier molecular flexibility index (Phi) is 5.41. The van der Waals surface area contributed by atoms with E-state index in [1.54, 1.807) is 16.2 Å². The van der Waals surface area contributed by atoms with E-state index >= 15 is 0 Å². The van der Waals surface area contributed by atoms with Crippen molar-refractivity contribution in [2.45, 2.75) is 0 Å². The number of hydrogen-bond acceptors (Lipinski definition) is 7. The highest BCUT2D eigenvalue weighted by Crippen LogP contribution is 2.25. The highest BCUT2D eigenvalue weighted by molar-refractivity contribution is 7.13. The van der Waals surface area contributed by atoms with Crippen LogP contribution in [0.25, 0.3) is 10.6 Å². The van der Waals surface area contributed by atoms with Gasteiger partial charge in [-0.15, -0.1) is 21.5 Å². The SMILES string of the molecule is O=C(c1ccc([N+](=O)[O-])cc1Cl)N1CCN(c2ccc(-c3cccs3)nn2)CC1. The van der Waals surface area contributed by atoms with E-state index in [0.717, 1.165) is 16.4 Å². The Morgan fingerprint density at radius 2 is 1.90 bits per heavy atom. The second-order valence-electron chi connectivity index (χ2n) is 6.45. The molecule has 29 heavy (non-hydrogen) atoms. The summed E-state index contributed by atoms with van der Waals surface area (Å²) in [5.74, 6) is 0.537. The molecule has 1 saturated heterocycles. The van der Waals surface area contributed by atoms with E-state index < -0.39 is 4.92 Å². The lowest BCUT2D eigenvalue weighted by atomic mass is 10.1. The molecule has 3 aromatic rings. The standard InChI is InChI=1S/C19H16ClN5O3S/c20-15-12-13(25(27)28)3-4-14(15)19(26)24-9-7-23(8-10-24)18-6-5-16(21-22-18)17-2-1-11-29-17/h1-6,11-12H,7-10H2. The van der Waals surface area contributed by atoms with Gasteiger partial charge in [-0.05, 0) is 29.6 Å². The first-order valence-corrected chi connectivity index (χ1v) is 10.1. The molecule has 1 amide bonds. The largest absolute Gasteiger partial charge is 0.352 e. The van der Waals surface area contributed by atoms with Gasteiger partial charge >= 0.3 is 0 Å². The van der Waals surface area contributed by atoms with Crippen molar-refractivity contribution in [3.05, 3.63) is 68.5 Å². The van der Waals surface area contributed by atoms with Crippen LogP contribution < -0.4 is 4.90 Å². The van der Waals surface area contributed by atoms with E-state index in [2.05, 4.69) is 15.1 Å². The van der Waals surface area contributed by atoms with Gasteiger partial charge in [0.05, 0.1) is 20.4 Å². The quantitative estimate of drug-likeness (QED) is 0.463. The van der Waals surface area contributed by atoms with Crippen LogP contribution >= 0.6 is 22.9 Å². The van der Waals surface area contributed by atoms with Crippen LogP contribution in [-0.4, -0.2) is 52.1 Å². The van der Waals surface area contributed by atoms with Gasteiger partial charge in [0.2, 0.25) is 0 Å². The van der Waals surface area contributed by atoms with E-state index in [1.807, 2.05) is 29.6 Å². The molecule has 2 aromatic heterocycles. The molecule has 1 fully saturated rings. The minimum Gasteiger partial charge on any atom is -0.352 e. The smallest absolute Gasteiger partial charge is 0.270 e. The van der Waals surface area contributed by atoms with Gasteiger partial charge in [0.1, 0.15) is 5.69 Å². The number of amides is 1. The molecule has 0 aliphatic carbocycles. The third kappa shape index (κ3) is 4.06. The molecule has 0 saturated carbocycles. The van der Waals surface area contributed by atoms with E-state index in [1.165, 1.54) is 18.2 Å². The van der Waals surface area contributed by atoms with Gasteiger partial charge in [0, 0.05) is 38.3 Å². The molecular weight excluding hydrogens is 414 g/mol. The first kappa shape index (κ1) is 19.3. The molecule has 1 aromatic carbocycles. The van der Waals surface area contributed by atoms with Gasteiger partial charge in [0.15, 0.2) is 5.82 Å². The van der Waals surface area contributed by atoms with Crippen LogP contribution in [0.5, 0.6) is 0 Å².